The summed E-state index contributed by atoms with van der Waals surface area (Å²) >= 11 is 0. The molecule has 1 N–H and O–H groups in total. The van der Waals surface area contributed by atoms with Crippen molar-refractivity contribution in [1.29, 1.82) is 0 Å². The van der Waals surface area contributed by atoms with Gasteiger partial charge in [-0.05, 0) is 32.1 Å². The number of oxazole rings is 1. The van der Waals surface area contributed by atoms with E-state index in [0.717, 1.165) is 34.5 Å². The number of H-pyrrole nitrogens is 1. The number of benzene rings is 2. The van der Waals surface area contributed by atoms with E-state index >= 15 is 0 Å². The first-order valence-corrected chi connectivity index (χ1v) is 8.45. The van der Waals surface area contributed by atoms with Crippen LogP contribution in [-0.2, 0) is 6.42 Å². The Morgan fingerprint density at radius 1 is 1.04 bits per heavy atom. The van der Waals surface area contributed by atoms with Crippen LogP contribution in [0.25, 0.3) is 22.2 Å². The van der Waals surface area contributed by atoms with Gasteiger partial charge in [0.05, 0.1) is 12.2 Å². The summed E-state index contributed by atoms with van der Waals surface area (Å²) in [5.74, 6) is 1.54. The summed E-state index contributed by atoms with van der Waals surface area (Å²) in [6.45, 7) is 0. The Labute approximate surface area is 147 Å². The zero-order valence-electron chi connectivity index (χ0n) is 14.4. The molecule has 126 valence electrons. The highest BCUT2D eigenvalue weighted by Crippen LogP contribution is 2.31. The largest absolute Gasteiger partial charge is 0.439 e. The summed E-state index contributed by atoms with van der Waals surface area (Å²) < 4.78 is 6.16. The molecule has 4 heteroatoms. The Morgan fingerprint density at radius 3 is 2.60 bits per heavy atom. The van der Waals surface area contributed by atoms with Crippen molar-refractivity contribution in [3.63, 3.8) is 0 Å². The van der Waals surface area contributed by atoms with E-state index in [1.54, 1.807) is 0 Å². The number of aromatic amines is 1. The van der Waals surface area contributed by atoms with Gasteiger partial charge in [0.15, 0.2) is 5.76 Å². The van der Waals surface area contributed by atoms with Gasteiger partial charge in [-0.15, -0.1) is 0 Å². The molecule has 0 aliphatic heterocycles. The third kappa shape index (κ3) is 3.08. The monoisotopic (exact) mass is 331 g/mol. The maximum Gasteiger partial charge on any atom is 0.212 e. The Morgan fingerprint density at radius 2 is 1.80 bits per heavy atom. The molecule has 4 rings (SSSR count). The van der Waals surface area contributed by atoms with Crippen LogP contribution in [0, 0.1) is 0 Å². The highest BCUT2D eigenvalue weighted by Gasteiger charge is 2.21. The van der Waals surface area contributed by atoms with Crippen molar-refractivity contribution in [2.75, 3.05) is 14.1 Å². The molecule has 0 bridgehead atoms. The minimum absolute atomic E-state index is 0.0985. The molecule has 1 atom stereocenters. The van der Waals surface area contributed by atoms with E-state index in [4.69, 9.17) is 4.42 Å². The SMILES string of the molecule is CN(C)C(Cc1ccccc1)c1ncc(-c2c[nH]c3ccccc23)o1. The van der Waals surface area contributed by atoms with Crippen molar-refractivity contribution >= 4 is 10.9 Å². The molecule has 0 fully saturated rings. The highest BCUT2D eigenvalue weighted by molar-refractivity contribution is 5.93. The standard InChI is InChI=1S/C21H21N3O/c1-24(2)19(12-15-8-4-3-5-9-15)21-23-14-20(25-21)17-13-22-18-11-7-6-10-16(17)18/h3-11,13-14,19,22H,12H2,1-2H3. The van der Waals surface area contributed by atoms with Crippen LogP contribution in [0.2, 0.25) is 0 Å². The minimum atomic E-state index is 0.0985. The van der Waals surface area contributed by atoms with Crippen molar-refractivity contribution < 1.29 is 4.42 Å². The van der Waals surface area contributed by atoms with Crippen LogP contribution in [0.1, 0.15) is 17.5 Å². The molecule has 4 aromatic rings. The first-order chi connectivity index (χ1) is 12.2. The van der Waals surface area contributed by atoms with Gasteiger partial charge < -0.3 is 9.40 Å². The van der Waals surface area contributed by atoms with Crippen LogP contribution in [-0.4, -0.2) is 29.0 Å². The summed E-state index contributed by atoms with van der Waals surface area (Å²) in [4.78, 5) is 10.0. The second kappa shape index (κ2) is 6.57. The number of aromatic nitrogens is 2. The van der Waals surface area contributed by atoms with Gasteiger partial charge in [-0.2, -0.15) is 0 Å². The van der Waals surface area contributed by atoms with Crippen molar-refractivity contribution in [2.45, 2.75) is 12.5 Å². The average Bonchev–Trinajstić information content (AvgIpc) is 3.27. The fourth-order valence-corrected chi connectivity index (χ4v) is 3.17. The lowest BCUT2D eigenvalue weighted by atomic mass is 10.1. The first-order valence-electron chi connectivity index (χ1n) is 8.45. The van der Waals surface area contributed by atoms with Gasteiger partial charge in [0.25, 0.3) is 0 Å². The van der Waals surface area contributed by atoms with Gasteiger partial charge in [0.2, 0.25) is 5.89 Å². The first kappa shape index (κ1) is 15.7. The van der Waals surface area contributed by atoms with Gasteiger partial charge >= 0.3 is 0 Å². The average molecular weight is 331 g/mol. The van der Waals surface area contributed by atoms with Gasteiger partial charge in [0.1, 0.15) is 0 Å². The van der Waals surface area contributed by atoms with Gasteiger partial charge in [-0.1, -0.05) is 48.5 Å². The number of para-hydroxylation sites is 1. The molecule has 2 heterocycles. The normalized spacial score (nSPS) is 12.8. The molecule has 2 aromatic carbocycles. The molecule has 25 heavy (non-hydrogen) atoms. The van der Waals surface area contributed by atoms with Crippen LogP contribution in [0.5, 0.6) is 0 Å². The third-order valence-corrected chi connectivity index (χ3v) is 4.56. The number of rotatable bonds is 5. The van der Waals surface area contributed by atoms with Crippen LogP contribution in [0.4, 0.5) is 0 Å². The zero-order valence-corrected chi connectivity index (χ0v) is 14.4. The van der Waals surface area contributed by atoms with E-state index in [-0.39, 0.29) is 6.04 Å². The molecular formula is C21H21N3O. The predicted molar refractivity (Wildman–Crippen MR) is 100 cm³/mol. The highest BCUT2D eigenvalue weighted by atomic mass is 16.4. The molecule has 0 amide bonds. The van der Waals surface area contributed by atoms with E-state index in [1.165, 1.54) is 5.56 Å². The molecular weight excluding hydrogens is 310 g/mol. The molecule has 0 saturated carbocycles. The van der Waals surface area contributed by atoms with Crippen molar-refractivity contribution in [1.82, 2.24) is 14.9 Å². The quantitative estimate of drug-likeness (QED) is 0.578. The fraction of sp³-hybridized carbons (Fsp3) is 0.190. The second-order valence-electron chi connectivity index (χ2n) is 6.48. The number of hydrogen-bond donors (Lipinski definition) is 1. The van der Waals surface area contributed by atoms with Crippen molar-refractivity contribution in [2.24, 2.45) is 0 Å². The molecule has 0 aliphatic carbocycles. The molecule has 0 radical (unpaired) electrons. The summed E-state index contributed by atoms with van der Waals surface area (Å²) in [7, 11) is 4.12. The lowest BCUT2D eigenvalue weighted by Crippen LogP contribution is -2.22. The summed E-state index contributed by atoms with van der Waals surface area (Å²) in [5.41, 5.74) is 3.42. The van der Waals surface area contributed by atoms with E-state index in [0.29, 0.717) is 0 Å². The van der Waals surface area contributed by atoms with Crippen LogP contribution < -0.4 is 0 Å². The molecule has 0 aliphatic rings. The molecule has 2 aromatic heterocycles. The van der Waals surface area contributed by atoms with Crippen LogP contribution in [0.15, 0.2) is 71.4 Å². The topological polar surface area (TPSA) is 45.1 Å². The van der Waals surface area contributed by atoms with Crippen molar-refractivity contribution in [3.05, 3.63) is 78.4 Å². The number of fused-ring (bicyclic) bond motifs is 1. The minimum Gasteiger partial charge on any atom is -0.439 e. The number of likely N-dealkylation sites (N-methyl/N-ethyl adjacent to an activating group) is 1. The molecule has 4 nitrogen and oxygen atoms in total. The van der Waals surface area contributed by atoms with E-state index in [9.17, 15) is 0 Å². The van der Waals surface area contributed by atoms with Crippen LogP contribution >= 0.6 is 0 Å². The maximum atomic E-state index is 6.16. The Balaban J connectivity index is 1.67. The molecule has 0 saturated heterocycles. The summed E-state index contributed by atoms with van der Waals surface area (Å²) in [6.07, 6.45) is 4.67. The Hall–Kier alpha value is -2.85. The predicted octanol–water partition coefficient (Wildman–Crippen LogP) is 4.67. The lowest BCUT2D eigenvalue weighted by molar-refractivity contribution is 0.250. The lowest BCUT2D eigenvalue weighted by Gasteiger charge is -2.21. The molecule has 1 unspecified atom stereocenters. The third-order valence-electron chi connectivity index (χ3n) is 4.56. The smallest absolute Gasteiger partial charge is 0.212 e. The fourth-order valence-electron chi connectivity index (χ4n) is 3.17. The molecule has 0 spiro atoms. The number of nitrogens with one attached hydrogen (secondary N) is 1. The number of nitrogens with zero attached hydrogens (tertiary/aromatic N) is 2. The number of hydrogen-bond acceptors (Lipinski definition) is 3. The summed E-state index contributed by atoms with van der Waals surface area (Å²) in [6, 6.07) is 18.8. The van der Waals surface area contributed by atoms with Gasteiger partial charge in [-0.3, -0.25) is 4.90 Å². The summed E-state index contributed by atoms with van der Waals surface area (Å²) in [5, 5.41) is 1.15. The van der Waals surface area contributed by atoms with E-state index in [2.05, 4.69) is 65.4 Å². The Bertz CT molecular complexity index is 969. The van der Waals surface area contributed by atoms with Crippen LogP contribution in [0.3, 0.4) is 0 Å². The zero-order chi connectivity index (χ0) is 17.2. The van der Waals surface area contributed by atoms with Crippen molar-refractivity contribution in [3.8, 4) is 11.3 Å². The van der Waals surface area contributed by atoms with Gasteiger partial charge in [-0.25, -0.2) is 4.98 Å². The van der Waals surface area contributed by atoms with E-state index < -0.39 is 0 Å². The Kier molecular flexibility index (Phi) is 4.12. The van der Waals surface area contributed by atoms with Gasteiger partial charge in [0, 0.05) is 22.7 Å². The maximum absolute atomic E-state index is 6.16. The second-order valence-corrected chi connectivity index (χ2v) is 6.48. The van der Waals surface area contributed by atoms with E-state index in [1.807, 2.05) is 30.6 Å².